The highest BCUT2D eigenvalue weighted by molar-refractivity contribution is 6.06. The molecule has 0 saturated carbocycles. The van der Waals surface area contributed by atoms with E-state index in [1.165, 1.54) is 24.3 Å². The lowest BCUT2D eigenvalue weighted by Crippen LogP contribution is -2.26. The smallest absolute Gasteiger partial charge is 0.270 e. The Morgan fingerprint density at radius 2 is 1.91 bits per heavy atom. The third-order valence-corrected chi connectivity index (χ3v) is 3.16. The van der Waals surface area contributed by atoms with Crippen molar-refractivity contribution in [1.82, 2.24) is 0 Å². The van der Waals surface area contributed by atoms with Gasteiger partial charge in [-0.25, -0.2) is 5.06 Å². The van der Waals surface area contributed by atoms with Crippen molar-refractivity contribution in [3.63, 3.8) is 0 Å². The van der Waals surface area contributed by atoms with Crippen LogP contribution >= 0.6 is 0 Å². The number of amidine groups is 1. The molecule has 0 unspecified atom stereocenters. The molecule has 0 spiro atoms. The minimum Gasteiger partial charge on any atom is -0.453 e. The van der Waals surface area contributed by atoms with Gasteiger partial charge in [0, 0.05) is 17.5 Å². The Morgan fingerprint density at radius 3 is 2.59 bits per heavy atom. The van der Waals surface area contributed by atoms with Crippen molar-refractivity contribution in [2.75, 3.05) is 5.06 Å². The number of nitrogens with zero attached hydrogens (tertiary/aromatic N) is 2. The molecule has 0 radical (unpaired) electrons. The fourth-order valence-corrected chi connectivity index (χ4v) is 2.06. The number of benzene rings is 2. The number of anilines is 1. The summed E-state index contributed by atoms with van der Waals surface area (Å²) in [7, 11) is 0. The number of non-ortho nitro benzene ring substituents is 1. The summed E-state index contributed by atoms with van der Waals surface area (Å²) >= 11 is 0. The highest BCUT2D eigenvalue weighted by atomic mass is 16.6. The van der Waals surface area contributed by atoms with Crippen molar-refractivity contribution in [2.24, 2.45) is 0 Å². The monoisotopic (exact) mass is 297 g/mol. The fourth-order valence-electron chi connectivity index (χ4n) is 2.06. The maximum Gasteiger partial charge on any atom is 0.270 e. The molecular weight excluding hydrogens is 286 g/mol. The Morgan fingerprint density at radius 1 is 1.18 bits per heavy atom. The van der Waals surface area contributed by atoms with Crippen molar-refractivity contribution in [2.45, 2.75) is 0 Å². The summed E-state index contributed by atoms with van der Waals surface area (Å²) in [5, 5.41) is 30.0. The van der Waals surface area contributed by atoms with Gasteiger partial charge in [-0.1, -0.05) is 18.2 Å². The van der Waals surface area contributed by atoms with Crippen molar-refractivity contribution in [3.8, 4) is 0 Å². The normalized spacial score (nSPS) is 10.6. The summed E-state index contributed by atoms with van der Waals surface area (Å²) < 4.78 is 5.46. The number of nitro groups is 1. The number of fused-ring (bicyclic) bond motifs is 1. The molecule has 2 aromatic carbocycles. The van der Waals surface area contributed by atoms with Gasteiger partial charge in [0.1, 0.15) is 5.58 Å². The van der Waals surface area contributed by atoms with Crippen LogP contribution in [0.3, 0.4) is 0 Å². The summed E-state index contributed by atoms with van der Waals surface area (Å²) in [5.74, 6) is -0.146. The predicted molar refractivity (Wildman–Crippen MR) is 80.4 cm³/mol. The first-order valence-electron chi connectivity index (χ1n) is 6.37. The van der Waals surface area contributed by atoms with E-state index < -0.39 is 4.92 Å². The van der Waals surface area contributed by atoms with Crippen molar-refractivity contribution in [3.05, 3.63) is 70.5 Å². The molecule has 0 saturated heterocycles. The number of hydrogen-bond donors (Lipinski definition) is 2. The van der Waals surface area contributed by atoms with Gasteiger partial charge in [-0.05, 0) is 24.3 Å². The first-order valence-corrected chi connectivity index (χ1v) is 6.37. The van der Waals surface area contributed by atoms with Gasteiger partial charge in [-0.2, -0.15) is 0 Å². The fraction of sp³-hybridized carbons (Fsp3) is 0. The molecule has 7 nitrogen and oxygen atoms in total. The van der Waals surface area contributed by atoms with Crippen LogP contribution < -0.4 is 5.06 Å². The lowest BCUT2D eigenvalue weighted by molar-refractivity contribution is -0.384. The third kappa shape index (κ3) is 2.40. The molecule has 0 bridgehead atoms. The number of rotatable bonds is 3. The van der Waals surface area contributed by atoms with E-state index in [1.54, 1.807) is 30.3 Å². The van der Waals surface area contributed by atoms with E-state index in [-0.39, 0.29) is 17.3 Å². The Labute approximate surface area is 124 Å². The Bertz CT molecular complexity index is 858. The highest BCUT2D eigenvalue weighted by Gasteiger charge is 2.17. The van der Waals surface area contributed by atoms with Gasteiger partial charge in [0.05, 0.1) is 10.6 Å². The highest BCUT2D eigenvalue weighted by Crippen LogP contribution is 2.25. The lowest BCUT2D eigenvalue weighted by atomic mass is 10.2. The molecule has 0 aliphatic carbocycles. The molecule has 2 N–H and O–H groups in total. The first-order chi connectivity index (χ1) is 10.6. The minimum atomic E-state index is -0.500. The van der Waals surface area contributed by atoms with Crippen LogP contribution in [0, 0.1) is 15.5 Å². The summed E-state index contributed by atoms with van der Waals surface area (Å²) in [5.41, 5.74) is 0.765. The molecule has 0 aliphatic heterocycles. The lowest BCUT2D eigenvalue weighted by Gasteiger charge is -2.15. The SMILES string of the molecule is N=C(c1cc2cc([N+](=O)[O-])ccc2o1)N(O)c1ccccc1. The van der Waals surface area contributed by atoms with Crippen LogP contribution in [0.1, 0.15) is 5.76 Å². The maximum atomic E-state index is 10.8. The second-order valence-corrected chi connectivity index (χ2v) is 4.59. The Balaban J connectivity index is 1.96. The van der Waals surface area contributed by atoms with Crippen LogP contribution in [0.4, 0.5) is 11.4 Å². The van der Waals surface area contributed by atoms with Gasteiger partial charge in [-0.15, -0.1) is 0 Å². The van der Waals surface area contributed by atoms with Gasteiger partial charge in [0.25, 0.3) is 5.69 Å². The molecule has 1 aromatic heterocycles. The van der Waals surface area contributed by atoms with Gasteiger partial charge in [0.15, 0.2) is 11.6 Å². The minimum absolute atomic E-state index is 0.0599. The van der Waals surface area contributed by atoms with Crippen LogP contribution in [-0.2, 0) is 0 Å². The Kier molecular flexibility index (Phi) is 3.32. The number of nitro benzene ring substituents is 1. The molecule has 0 atom stereocenters. The molecule has 3 rings (SSSR count). The summed E-state index contributed by atoms with van der Waals surface area (Å²) in [6.07, 6.45) is 0. The summed E-state index contributed by atoms with van der Waals surface area (Å²) in [6.45, 7) is 0. The van der Waals surface area contributed by atoms with E-state index in [9.17, 15) is 15.3 Å². The summed E-state index contributed by atoms with van der Waals surface area (Å²) in [4.78, 5) is 10.3. The molecule has 0 fully saturated rings. The van der Waals surface area contributed by atoms with E-state index in [2.05, 4.69) is 0 Å². The van der Waals surface area contributed by atoms with Gasteiger partial charge in [-0.3, -0.25) is 20.7 Å². The average molecular weight is 297 g/mol. The Hall–Kier alpha value is -3.19. The standard InChI is InChI=1S/C15H11N3O4/c16-15(17(19)11-4-2-1-3-5-11)14-9-10-8-12(18(20)21)6-7-13(10)22-14/h1-9,16,19H. The average Bonchev–Trinajstić information content (AvgIpc) is 2.97. The largest absolute Gasteiger partial charge is 0.453 e. The van der Waals surface area contributed by atoms with E-state index in [4.69, 9.17) is 9.83 Å². The maximum absolute atomic E-state index is 10.8. The van der Waals surface area contributed by atoms with Crippen molar-refractivity contribution >= 4 is 28.2 Å². The zero-order valence-electron chi connectivity index (χ0n) is 11.3. The molecule has 0 amide bonds. The van der Waals surface area contributed by atoms with Crippen LogP contribution in [0.25, 0.3) is 11.0 Å². The number of para-hydroxylation sites is 1. The van der Waals surface area contributed by atoms with Crippen LogP contribution in [0.15, 0.2) is 59.0 Å². The molecule has 7 heteroatoms. The number of furan rings is 1. The molecule has 3 aromatic rings. The molecular formula is C15H11N3O4. The predicted octanol–water partition coefficient (Wildman–Crippen LogP) is 3.56. The van der Waals surface area contributed by atoms with E-state index >= 15 is 0 Å². The first kappa shape index (κ1) is 13.8. The zero-order valence-corrected chi connectivity index (χ0v) is 11.3. The summed E-state index contributed by atoms with van der Waals surface area (Å²) in [6, 6.07) is 14.2. The van der Waals surface area contributed by atoms with Gasteiger partial charge >= 0.3 is 0 Å². The van der Waals surface area contributed by atoms with Gasteiger partial charge < -0.3 is 4.42 Å². The molecule has 22 heavy (non-hydrogen) atoms. The van der Waals surface area contributed by atoms with Crippen molar-refractivity contribution < 1.29 is 14.5 Å². The van der Waals surface area contributed by atoms with E-state index in [0.717, 1.165) is 0 Å². The molecule has 0 aliphatic rings. The second kappa shape index (κ2) is 5.30. The van der Waals surface area contributed by atoms with Gasteiger partial charge in [0.2, 0.25) is 0 Å². The third-order valence-electron chi connectivity index (χ3n) is 3.16. The van der Waals surface area contributed by atoms with Crippen molar-refractivity contribution in [1.29, 1.82) is 5.41 Å². The number of nitrogens with one attached hydrogen (secondary N) is 1. The number of hydrogen-bond acceptors (Lipinski definition) is 5. The molecule has 1 heterocycles. The van der Waals surface area contributed by atoms with Crippen LogP contribution in [-0.4, -0.2) is 16.0 Å². The topological polar surface area (TPSA) is 104 Å². The zero-order chi connectivity index (χ0) is 15.7. The van der Waals surface area contributed by atoms with E-state index in [0.29, 0.717) is 21.7 Å². The number of hydroxylamine groups is 1. The molecule has 110 valence electrons. The van der Waals surface area contributed by atoms with E-state index in [1.807, 2.05) is 0 Å². The quantitative estimate of drug-likeness (QED) is 0.333. The van der Waals surface area contributed by atoms with Crippen LogP contribution in [0.2, 0.25) is 0 Å². The second-order valence-electron chi connectivity index (χ2n) is 4.59. The van der Waals surface area contributed by atoms with Crippen LogP contribution in [0.5, 0.6) is 0 Å².